The lowest BCUT2D eigenvalue weighted by atomic mass is 9.96. The van der Waals surface area contributed by atoms with Crippen LogP contribution in [0.5, 0.6) is 0 Å². The molecule has 1 rings (SSSR count). The van der Waals surface area contributed by atoms with Crippen LogP contribution in [0, 0.1) is 5.92 Å². The summed E-state index contributed by atoms with van der Waals surface area (Å²) in [5.41, 5.74) is 11.1. The van der Waals surface area contributed by atoms with Crippen molar-refractivity contribution >= 4 is 0 Å². The van der Waals surface area contributed by atoms with Crippen LogP contribution >= 0.6 is 0 Å². The van der Waals surface area contributed by atoms with Gasteiger partial charge in [0.25, 0.3) is 0 Å². The van der Waals surface area contributed by atoms with Gasteiger partial charge in [-0.2, -0.15) is 0 Å². The Kier molecular flexibility index (Phi) is 3.30. The van der Waals surface area contributed by atoms with Crippen LogP contribution in [0.4, 0.5) is 0 Å². The molecule has 3 heteroatoms. The van der Waals surface area contributed by atoms with Gasteiger partial charge in [0.15, 0.2) is 0 Å². The van der Waals surface area contributed by atoms with E-state index in [0.717, 1.165) is 0 Å². The fourth-order valence-electron chi connectivity index (χ4n) is 1.86. The minimum absolute atomic E-state index is 0.109. The number of hydrogen-bond donors (Lipinski definition) is 3. The van der Waals surface area contributed by atoms with Crippen LogP contribution in [0.2, 0.25) is 0 Å². The first-order valence-corrected chi connectivity index (χ1v) is 4.39. The van der Waals surface area contributed by atoms with Crippen molar-refractivity contribution in [2.75, 3.05) is 0 Å². The first kappa shape index (κ1) is 8.97. The molecule has 0 spiro atoms. The van der Waals surface area contributed by atoms with Crippen molar-refractivity contribution in [2.45, 2.75) is 44.4 Å². The molecule has 1 unspecified atom stereocenters. The first-order valence-electron chi connectivity index (χ1n) is 4.39. The van der Waals surface area contributed by atoms with E-state index in [4.69, 9.17) is 16.6 Å². The Bertz CT molecular complexity index is 111. The number of aliphatic hydroxyl groups excluding tert-OH is 1. The third kappa shape index (κ3) is 2.77. The predicted molar refractivity (Wildman–Crippen MR) is 44.7 cm³/mol. The molecule has 0 aromatic carbocycles. The Morgan fingerprint density at radius 2 is 1.82 bits per heavy atom. The number of rotatable bonds is 3. The summed E-state index contributed by atoms with van der Waals surface area (Å²) in [6.07, 6.45) is 4.83. The first-order chi connectivity index (χ1) is 5.20. The summed E-state index contributed by atoms with van der Waals surface area (Å²) in [4.78, 5) is 0. The molecule has 0 aliphatic heterocycles. The van der Waals surface area contributed by atoms with E-state index in [2.05, 4.69) is 0 Å². The maximum Gasteiger partial charge on any atom is 0.103 e. The number of aliphatic hydroxyl groups is 1. The van der Waals surface area contributed by atoms with Crippen LogP contribution in [-0.2, 0) is 0 Å². The molecular weight excluding hydrogens is 140 g/mol. The summed E-state index contributed by atoms with van der Waals surface area (Å²) in [6.45, 7) is 0. The normalized spacial score (nSPS) is 25.4. The van der Waals surface area contributed by atoms with Crippen LogP contribution in [-0.4, -0.2) is 17.4 Å². The van der Waals surface area contributed by atoms with Crippen LogP contribution in [0.3, 0.4) is 0 Å². The molecule has 2 atom stereocenters. The second-order valence-electron chi connectivity index (χ2n) is 3.51. The van der Waals surface area contributed by atoms with E-state index in [-0.39, 0.29) is 6.04 Å². The molecule has 1 saturated carbocycles. The Labute approximate surface area is 67.8 Å². The highest BCUT2D eigenvalue weighted by molar-refractivity contribution is 4.78. The average molecular weight is 158 g/mol. The van der Waals surface area contributed by atoms with Gasteiger partial charge in [-0.05, 0) is 18.8 Å². The summed E-state index contributed by atoms with van der Waals surface area (Å²) in [5, 5.41) is 8.88. The second-order valence-corrected chi connectivity index (χ2v) is 3.51. The van der Waals surface area contributed by atoms with Gasteiger partial charge in [-0.25, -0.2) is 0 Å². The SMILES string of the molecule is NC(O)C[C@@H](N)C1CCCC1. The Balaban J connectivity index is 2.22. The van der Waals surface area contributed by atoms with Crippen molar-refractivity contribution in [1.82, 2.24) is 0 Å². The average Bonchev–Trinajstić information content (AvgIpc) is 2.35. The molecule has 1 fully saturated rings. The molecule has 0 aromatic rings. The van der Waals surface area contributed by atoms with Crippen LogP contribution in [0.1, 0.15) is 32.1 Å². The maximum atomic E-state index is 8.88. The molecule has 0 bridgehead atoms. The highest BCUT2D eigenvalue weighted by atomic mass is 16.3. The van der Waals surface area contributed by atoms with E-state index in [0.29, 0.717) is 12.3 Å². The van der Waals surface area contributed by atoms with Crippen molar-refractivity contribution in [2.24, 2.45) is 17.4 Å². The molecule has 1 aliphatic rings. The lowest BCUT2D eigenvalue weighted by Crippen LogP contribution is -2.35. The van der Waals surface area contributed by atoms with Crippen molar-refractivity contribution in [1.29, 1.82) is 0 Å². The monoisotopic (exact) mass is 158 g/mol. The van der Waals surface area contributed by atoms with Crippen molar-refractivity contribution < 1.29 is 5.11 Å². The zero-order valence-corrected chi connectivity index (χ0v) is 6.87. The van der Waals surface area contributed by atoms with Crippen molar-refractivity contribution in [3.63, 3.8) is 0 Å². The van der Waals surface area contributed by atoms with Crippen molar-refractivity contribution in [3.05, 3.63) is 0 Å². The molecule has 0 radical (unpaired) electrons. The zero-order chi connectivity index (χ0) is 8.27. The van der Waals surface area contributed by atoms with Gasteiger partial charge in [0.1, 0.15) is 6.23 Å². The van der Waals surface area contributed by atoms with Crippen LogP contribution < -0.4 is 11.5 Å². The smallest absolute Gasteiger partial charge is 0.103 e. The van der Waals surface area contributed by atoms with E-state index >= 15 is 0 Å². The van der Waals surface area contributed by atoms with Gasteiger partial charge in [0.2, 0.25) is 0 Å². The standard InChI is InChI=1S/C8H18N2O/c9-7(5-8(10)11)6-3-1-2-4-6/h6-8,11H,1-5,9-10H2/t7-,8?/m1/s1. The molecule has 5 N–H and O–H groups in total. The highest BCUT2D eigenvalue weighted by Gasteiger charge is 2.22. The van der Waals surface area contributed by atoms with Crippen molar-refractivity contribution in [3.8, 4) is 0 Å². The van der Waals surface area contributed by atoms with Gasteiger partial charge in [-0.3, -0.25) is 0 Å². The van der Waals surface area contributed by atoms with E-state index in [1.54, 1.807) is 0 Å². The summed E-state index contributed by atoms with van der Waals surface area (Å²) >= 11 is 0. The third-order valence-electron chi connectivity index (χ3n) is 2.52. The lowest BCUT2D eigenvalue weighted by molar-refractivity contribution is 0.151. The molecule has 66 valence electrons. The fraction of sp³-hybridized carbons (Fsp3) is 1.00. The fourth-order valence-corrected chi connectivity index (χ4v) is 1.86. The Hall–Kier alpha value is -0.120. The molecular formula is C8H18N2O. The lowest BCUT2D eigenvalue weighted by Gasteiger charge is -2.19. The minimum Gasteiger partial charge on any atom is -0.379 e. The van der Waals surface area contributed by atoms with Gasteiger partial charge >= 0.3 is 0 Å². The van der Waals surface area contributed by atoms with Gasteiger partial charge in [0.05, 0.1) is 0 Å². The molecule has 0 amide bonds. The van der Waals surface area contributed by atoms with E-state index < -0.39 is 6.23 Å². The molecule has 3 nitrogen and oxygen atoms in total. The van der Waals surface area contributed by atoms with Gasteiger partial charge in [0, 0.05) is 12.5 Å². The van der Waals surface area contributed by atoms with E-state index in [1.807, 2.05) is 0 Å². The molecule has 0 aromatic heterocycles. The Morgan fingerprint density at radius 1 is 1.27 bits per heavy atom. The summed E-state index contributed by atoms with van der Waals surface area (Å²) in [6, 6.07) is 0.109. The number of hydrogen-bond acceptors (Lipinski definition) is 3. The molecule has 0 heterocycles. The summed E-state index contributed by atoms with van der Waals surface area (Å²) in [5.74, 6) is 0.605. The Morgan fingerprint density at radius 3 is 2.27 bits per heavy atom. The zero-order valence-electron chi connectivity index (χ0n) is 6.87. The third-order valence-corrected chi connectivity index (χ3v) is 2.52. The molecule has 11 heavy (non-hydrogen) atoms. The maximum absolute atomic E-state index is 8.88. The quantitative estimate of drug-likeness (QED) is 0.513. The number of nitrogens with two attached hydrogens (primary N) is 2. The largest absolute Gasteiger partial charge is 0.379 e. The minimum atomic E-state index is -0.731. The van der Waals surface area contributed by atoms with E-state index in [1.165, 1.54) is 25.7 Å². The predicted octanol–water partition coefficient (Wildman–Crippen LogP) is 0.171. The summed E-state index contributed by atoms with van der Waals surface area (Å²) < 4.78 is 0. The van der Waals surface area contributed by atoms with E-state index in [9.17, 15) is 0 Å². The van der Waals surface area contributed by atoms with Gasteiger partial charge < -0.3 is 16.6 Å². The van der Waals surface area contributed by atoms with Crippen LogP contribution in [0.15, 0.2) is 0 Å². The molecule has 0 saturated heterocycles. The highest BCUT2D eigenvalue weighted by Crippen LogP contribution is 2.27. The summed E-state index contributed by atoms with van der Waals surface area (Å²) in [7, 11) is 0. The van der Waals surface area contributed by atoms with Gasteiger partial charge in [-0.1, -0.05) is 12.8 Å². The second kappa shape index (κ2) is 4.04. The van der Waals surface area contributed by atoms with Crippen LogP contribution in [0.25, 0.3) is 0 Å². The topological polar surface area (TPSA) is 72.3 Å². The van der Waals surface area contributed by atoms with Gasteiger partial charge in [-0.15, -0.1) is 0 Å². The molecule has 1 aliphatic carbocycles.